The smallest absolute Gasteiger partial charge is 0.250 e. The first-order valence-electron chi connectivity index (χ1n) is 9.52. The second kappa shape index (κ2) is 10.4. The van der Waals surface area contributed by atoms with E-state index < -0.39 is 5.91 Å². The van der Waals surface area contributed by atoms with Crippen molar-refractivity contribution >= 4 is 29.3 Å². The number of benzene rings is 2. The second-order valence-corrected chi connectivity index (χ2v) is 7.59. The summed E-state index contributed by atoms with van der Waals surface area (Å²) in [4.78, 5) is 23.9. The minimum absolute atomic E-state index is 0.0844. The molecule has 0 bridgehead atoms. The molecular weight excluding hydrogens is 414 g/mol. The normalized spacial score (nSPS) is 10.5. The lowest BCUT2D eigenvalue weighted by molar-refractivity contribution is -0.113. The van der Waals surface area contributed by atoms with Gasteiger partial charge in [0.25, 0.3) is 5.91 Å². The minimum Gasteiger partial charge on any atom is -0.486 e. The van der Waals surface area contributed by atoms with E-state index in [1.807, 2.05) is 35.8 Å². The van der Waals surface area contributed by atoms with E-state index in [9.17, 15) is 9.59 Å². The van der Waals surface area contributed by atoms with Crippen LogP contribution in [-0.4, -0.2) is 32.3 Å². The van der Waals surface area contributed by atoms with E-state index >= 15 is 0 Å². The van der Waals surface area contributed by atoms with Crippen molar-refractivity contribution in [1.82, 2.24) is 14.8 Å². The van der Waals surface area contributed by atoms with Crippen molar-refractivity contribution in [2.45, 2.75) is 25.2 Å². The number of allylic oxidation sites excluding steroid dienone is 1. The summed E-state index contributed by atoms with van der Waals surface area (Å²) in [6.45, 7) is 6.49. The van der Waals surface area contributed by atoms with Gasteiger partial charge in [-0.25, -0.2) is 0 Å². The Hall–Kier alpha value is -3.59. The predicted octanol–water partition coefficient (Wildman–Crippen LogP) is 3.18. The molecule has 31 heavy (non-hydrogen) atoms. The van der Waals surface area contributed by atoms with Crippen molar-refractivity contribution in [3.8, 4) is 5.75 Å². The lowest BCUT2D eigenvalue weighted by Crippen LogP contribution is -2.19. The second-order valence-electron chi connectivity index (χ2n) is 6.65. The van der Waals surface area contributed by atoms with Crippen LogP contribution in [-0.2, 0) is 17.9 Å². The monoisotopic (exact) mass is 437 g/mol. The number of carbonyl (C=O) groups is 2. The Kier molecular flexibility index (Phi) is 7.45. The number of aryl methyl sites for hydroxylation is 1. The van der Waals surface area contributed by atoms with E-state index in [0.717, 1.165) is 11.3 Å². The highest BCUT2D eigenvalue weighted by Crippen LogP contribution is 2.21. The third-order valence-electron chi connectivity index (χ3n) is 4.26. The lowest BCUT2D eigenvalue weighted by atomic mass is 10.1. The number of carbonyl (C=O) groups excluding carboxylic acids is 2. The first-order chi connectivity index (χ1) is 15.0. The molecule has 3 rings (SSSR count). The molecule has 3 N–H and O–H groups in total. The number of anilines is 1. The van der Waals surface area contributed by atoms with Gasteiger partial charge in [-0.1, -0.05) is 42.1 Å². The third kappa shape index (κ3) is 5.95. The molecule has 0 unspecified atom stereocenters. The zero-order valence-electron chi connectivity index (χ0n) is 17.1. The van der Waals surface area contributed by atoms with Crippen LogP contribution in [0.4, 0.5) is 5.69 Å². The van der Waals surface area contributed by atoms with Gasteiger partial charge in [0.15, 0.2) is 11.0 Å². The molecule has 3 aromatic rings. The molecule has 2 amide bonds. The van der Waals surface area contributed by atoms with E-state index in [4.69, 9.17) is 10.5 Å². The van der Waals surface area contributed by atoms with Crippen LogP contribution < -0.4 is 15.8 Å². The molecule has 160 valence electrons. The van der Waals surface area contributed by atoms with Gasteiger partial charge in [-0.2, -0.15) is 0 Å². The number of hydrogen-bond acceptors (Lipinski definition) is 6. The Morgan fingerprint density at radius 1 is 1.23 bits per heavy atom. The molecule has 8 nitrogen and oxygen atoms in total. The van der Waals surface area contributed by atoms with Gasteiger partial charge in [0.1, 0.15) is 12.4 Å². The number of hydrogen-bond donors (Lipinski definition) is 2. The highest BCUT2D eigenvalue weighted by Gasteiger charge is 2.15. The molecule has 1 heterocycles. The fourth-order valence-corrected chi connectivity index (χ4v) is 3.59. The van der Waals surface area contributed by atoms with E-state index in [0.29, 0.717) is 23.2 Å². The van der Waals surface area contributed by atoms with Crippen LogP contribution in [0.1, 0.15) is 21.7 Å². The predicted molar refractivity (Wildman–Crippen MR) is 120 cm³/mol. The van der Waals surface area contributed by atoms with Crippen LogP contribution in [0.5, 0.6) is 5.75 Å². The molecule has 2 aromatic carbocycles. The van der Waals surface area contributed by atoms with Crippen molar-refractivity contribution in [2.24, 2.45) is 5.73 Å². The molecule has 0 saturated heterocycles. The largest absolute Gasteiger partial charge is 0.486 e. The minimum atomic E-state index is -0.604. The zero-order chi connectivity index (χ0) is 22.2. The highest BCUT2D eigenvalue weighted by atomic mass is 32.2. The lowest BCUT2D eigenvalue weighted by Gasteiger charge is -2.10. The third-order valence-corrected chi connectivity index (χ3v) is 5.23. The molecule has 0 spiro atoms. The number of ether oxygens (including phenoxy) is 1. The first-order valence-corrected chi connectivity index (χ1v) is 10.5. The van der Waals surface area contributed by atoms with Crippen LogP contribution in [0.3, 0.4) is 0 Å². The summed E-state index contributed by atoms with van der Waals surface area (Å²) < 4.78 is 7.67. The summed E-state index contributed by atoms with van der Waals surface area (Å²) in [6.07, 6.45) is 1.73. The topological polar surface area (TPSA) is 112 Å². The van der Waals surface area contributed by atoms with Gasteiger partial charge in [0, 0.05) is 6.54 Å². The van der Waals surface area contributed by atoms with E-state index in [1.165, 1.54) is 11.8 Å². The molecule has 0 atom stereocenters. The standard InChI is InChI=1S/C22H23N5O3S/c1-3-11-27-19(13-30-16-8-6-7-15(2)12-16)25-26-22(27)31-14-20(28)24-18-10-5-4-9-17(18)21(23)29/h3-10,12H,1,11,13-14H2,2H3,(H2,23,29)(H,24,28). The molecule has 1 aromatic heterocycles. The van der Waals surface area contributed by atoms with Crippen LogP contribution in [0.15, 0.2) is 66.3 Å². The number of nitrogens with one attached hydrogen (secondary N) is 1. The average molecular weight is 438 g/mol. The SMILES string of the molecule is C=CCn1c(COc2cccc(C)c2)nnc1SCC(=O)Nc1ccccc1C(N)=O. The highest BCUT2D eigenvalue weighted by molar-refractivity contribution is 7.99. The number of para-hydroxylation sites is 1. The summed E-state index contributed by atoms with van der Waals surface area (Å²) >= 11 is 1.23. The van der Waals surface area contributed by atoms with Crippen LogP contribution >= 0.6 is 11.8 Å². The van der Waals surface area contributed by atoms with E-state index in [1.54, 1.807) is 30.3 Å². The maximum Gasteiger partial charge on any atom is 0.250 e. The Morgan fingerprint density at radius 3 is 2.77 bits per heavy atom. The number of amides is 2. The summed E-state index contributed by atoms with van der Waals surface area (Å²) in [6, 6.07) is 14.3. The number of thioether (sulfide) groups is 1. The number of nitrogens with two attached hydrogens (primary N) is 1. The summed E-state index contributed by atoms with van der Waals surface area (Å²) in [5, 5.41) is 11.7. The Bertz CT molecular complexity index is 1100. The van der Waals surface area contributed by atoms with Crippen LogP contribution in [0.2, 0.25) is 0 Å². The van der Waals surface area contributed by atoms with Gasteiger partial charge in [-0.3, -0.25) is 14.2 Å². The average Bonchev–Trinajstić information content (AvgIpc) is 3.13. The Balaban J connectivity index is 1.64. The van der Waals surface area contributed by atoms with Crippen molar-refractivity contribution < 1.29 is 14.3 Å². The van der Waals surface area contributed by atoms with Crippen LogP contribution in [0, 0.1) is 6.92 Å². The van der Waals surface area contributed by atoms with Gasteiger partial charge in [0.2, 0.25) is 5.91 Å². The maximum atomic E-state index is 12.4. The van der Waals surface area contributed by atoms with Gasteiger partial charge >= 0.3 is 0 Å². The fraction of sp³-hybridized carbons (Fsp3) is 0.182. The van der Waals surface area contributed by atoms with Gasteiger partial charge in [-0.05, 0) is 36.8 Å². The van der Waals surface area contributed by atoms with Crippen molar-refractivity contribution in [1.29, 1.82) is 0 Å². The zero-order valence-corrected chi connectivity index (χ0v) is 17.9. The first kappa shape index (κ1) is 22.1. The quantitative estimate of drug-likeness (QED) is 0.372. The number of aromatic nitrogens is 3. The van der Waals surface area contributed by atoms with Gasteiger partial charge in [0.05, 0.1) is 17.0 Å². The van der Waals surface area contributed by atoms with Crippen molar-refractivity contribution in [2.75, 3.05) is 11.1 Å². The van der Waals surface area contributed by atoms with Crippen molar-refractivity contribution in [3.63, 3.8) is 0 Å². The van der Waals surface area contributed by atoms with E-state index in [-0.39, 0.29) is 23.8 Å². The molecular formula is C22H23N5O3S. The molecule has 0 aliphatic rings. The molecule has 0 aliphatic carbocycles. The number of rotatable bonds is 10. The van der Waals surface area contributed by atoms with Gasteiger partial charge < -0.3 is 15.8 Å². The molecule has 0 fully saturated rings. The van der Waals surface area contributed by atoms with Crippen LogP contribution in [0.25, 0.3) is 0 Å². The molecule has 0 saturated carbocycles. The van der Waals surface area contributed by atoms with E-state index in [2.05, 4.69) is 22.1 Å². The summed E-state index contributed by atoms with van der Waals surface area (Å²) in [5.41, 5.74) is 7.08. The summed E-state index contributed by atoms with van der Waals surface area (Å²) in [7, 11) is 0. The number of primary amides is 1. The molecule has 9 heteroatoms. The fourth-order valence-electron chi connectivity index (χ4n) is 2.82. The Morgan fingerprint density at radius 2 is 2.03 bits per heavy atom. The maximum absolute atomic E-state index is 12.4. The molecule has 0 aliphatic heterocycles. The summed E-state index contributed by atoms with van der Waals surface area (Å²) in [5.74, 6) is 0.566. The molecule has 0 radical (unpaired) electrons. The Labute approximate surface area is 184 Å². The van der Waals surface area contributed by atoms with Gasteiger partial charge in [-0.15, -0.1) is 16.8 Å². The van der Waals surface area contributed by atoms with Crippen molar-refractivity contribution in [3.05, 3.63) is 78.1 Å². The number of nitrogens with zero attached hydrogens (tertiary/aromatic N) is 3.